The topological polar surface area (TPSA) is 76.6 Å². The average Bonchev–Trinajstić information content (AvgIpc) is 3.36. The Morgan fingerprint density at radius 1 is 1.29 bits per heavy atom. The Kier molecular flexibility index (Phi) is 4.81. The molecule has 1 aliphatic carbocycles. The molecule has 11 heteroatoms. The monoisotopic (exact) mass is 406 g/mol. The SMILES string of the molecule is O=C1NC(O)NC2C1C(CF)NN2[C@H](c1ccc(C(F)(F)F)c(F)c1)C1CC1. The number of hydrazine groups is 1. The maximum absolute atomic E-state index is 14.1. The van der Waals surface area contributed by atoms with Crippen LogP contribution in [-0.2, 0) is 11.0 Å². The lowest BCUT2D eigenvalue weighted by atomic mass is 9.94. The van der Waals surface area contributed by atoms with Gasteiger partial charge in [-0.1, -0.05) is 6.07 Å². The zero-order valence-electron chi connectivity index (χ0n) is 14.5. The molecular formula is C17H19F5N4O2. The normalized spacial score (nSPS) is 32.1. The molecule has 3 aliphatic rings. The van der Waals surface area contributed by atoms with Crippen molar-refractivity contribution in [3.05, 3.63) is 35.1 Å². The van der Waals surface area contributed by atoms with Crippen LogP contribution in [0.4, 0.5) is 22.0 Å². The van der Waals surface area contributed by atoms with Crippen LogP contribution in [0, 0.1) is 17.7 Å². The molecular weight excluding hydrogens is 387 g/mol. The van der Waals surface area contributed by atoms with Crippen molar-refractivity contribution in [2.24, 2.45) is 11.8 Å². The summed E-state index contributed by atoms with van der Waals surface area (Å²) in [5, 5.41) is 16.4. The van der Waals surface area contributed by atoms with E-state index in [2.05, 4.69) is 16.1 Å². The van der Waals surface area contributed by atoms with Gasteiger partial charge in [0.05, 0.1) is 29.7 Å². The number of nitrogens with zero attached hydrogens (tertiary/aromatic N) is 1. The number of aliphatic hydroxyl groups excluding tert-OH is 1. The first-order chi connectivity index (χ1) is 13.2. The summed E-state index contributed by atoms with van der Waals surface area (Å²) < 4.78 is 66.3. The molecule has 0 radical (unpaired) electrons. The number of carbonyl (C=O) groups excluding carboxylic acids is 1. The summed E-state index contributed by atoms with van der Waals surface area (Å²) in [7, 11) is 0. The molecule has 6 nitrogen and oxygen atoms in total. The summed E-state index contributed by atoms with van der Waals surface area (Å²) in [6, 6.07) is 1.28. The second-order valence-electron chi connectivity index (χ2n) is 7.36. The van der Waals surface area contributed by atoms with Crippen LogP contribution in [0.3, 0.4) is 0 Å². The van der Waals surface area contributed by atoms with Crippen molar-refractivity contribution in [3.8, 4) is 0 Å². The summed E-state index contributed by atoms with van der Waals surface area (Å²) >= 11 is 0. The lowest BCUT2D eigenvalue weighted by Crippen LogP contribution is -2.64. The molecule has 4 rings (SSSR count). The number of amides is 1. The number of carbonyl (C=O) groups is 1. The third-order valence-electron chi connectivity index (χ3n) is 5.47. The third-order valence-corrected chi connectivity index (χ3v) is 5.47. The van der Waals surface area contributed by atoms with Crippen molar-refractivity contribution >= 4 is 5.91 Å². The van der Waals surface area contributed by atoms with E-state index in [9.17, 15) is 31.9 Å². The van der Waals surface area contributed by atoms with Gasteiger partial charge < -0.3 is 10.4 Å². The van der Waals surface area contributed by atoms with Crippen LogP contribution >= 0.6 is 0 Å². The van der Waals surface area contributed by atoms with Gasteiger partial charge in [0.2, 0.25) is 5.91 Å². The second kappa shape index (κ2) is 6.90. The molecule has 0 spiro atoms. The van der Waals surface area contributed by atoms with Gasteiger partial charge in [-0.2, -0.15) is 13.2 Å². The number of benzene rings is 1. The van der Waals surface area contributed by atoms with Gasteiger partial charge in [0, 0.05) is 0 Å². The molecule has 2 aliphatic heterocycles. The summed E-state index contributed by atoms with van der Waals surface area (Å²) in [4.78, 5) is 12.2. The molecule has 154 valence electrons. The lowest BCUT2D eigenvalue weighted by molar-refractivity contribution is -0.140. The highest BCUT2D eigenvalue weighted by atomic mass is 19.4. The number of hydrogen-bond acceptors (Lipinski definition) is 5. The molecule has 2 saturated heterocycles. The molecule has 28 heavy (non-hydrogen) atoms. The van der Waals surface area contributed by atoms with Crippen LogP contribution in [0.1, 0.15) is 30.0 Å². The van der Waals surface area contributed by atoms with E-state index in [4.69, 9.17) is 0 Å². The molecule has 0 bridgehead atoms. The fourth-order valence-corrected chi connectivity index (χ4v) is 4.09. The Balaban J connectivity index is 1.69. The number of hydrogen-bond donors (Lipinski definition) is 4. The highest BCUT2D eigenvalue weighted by Gasteiger charge is 2.53. The van der Waals surface area contributed by atoms with Crippen LogP contribution in [0.15, 0.2) is 18.2 Å². The predicted octanol–water partition coefficient (Wildman–Crippen LogP) is 1.39. The molecule has 3 fully saturated rings. The van der Waals surface area contributed by atoms with Gasteiger partial charge in [0.1, 0.15) is 12.5 Å². The minimum absolute atomic E-state index is 0.00609. The molecule has 4 unspecified atom stereocenters. The molecule has 0 aromatic heterocycles. The maximum Gasteiger partial charge on any atom is 0.419 e. The Morgan fingerprint density at radius 2 is 2.00 bits per heavy atom. The van der Waals surface area contributed by atoms with Gasteiger partial charge in [0.25, 0.3) is 0 Å². The molecule has 1 amide bonds. The van der Waals surface area contributed by atoms with Crippen molar-refractivity contribution in [1.82, 2.24) is 21.1 Å². The van der Waals surface area contributed by atoms with E-state index in [-0.39, 0.29) is 5.92 Å². The fraction of sp³-hybridized carbons (Fsp3) is 0.588. The van der Waals surface area contributed by atoms with Crippen LogP contribution < -0.4 is 16.1 Å². The van der Waals surface area contributed by atoms with Crippen LogP contribution in [-0.4, -0.2) is 41.3 Å². The van der Waals surface area contributed by atoms with Crippen molar-refractivity contribution in [2.75, 3.05) is 6.67 Å². The minimum atomic E-state index is -4.80. The van der Waals surface area contributed by atoms with Gasteiger partial charge in [-0.25, -0.2) is 19.2 Å². The van der Waals surface area contributed by atoms with E-state index >= 15 is 0 Å². The van der Waals surface area contributed by atoms with Crippen LogP contribution in [0.5, 0.6) is 0 Å². The summed E-state index contributed by atoms with van der Waals surface area (Å²) in [5.41, 5.74) is 1.83. The minimum Gasteiger partial charge on any atom is -0.361 e. The summed E-state index contributed by atoms with van der Waals surface area (Å²) in [6.07, 6.45) is -5.42. The summed E-state index contributed by atoms with van der Waals surface area (Å²) in [6.45, 7) is -0.860. The van der Waals surface area contributed by atoms with Gasteiger partial charge in [-0.05, 0) is 36.5 Å². The number of aliphatic hydroxyl groups is 1. The van der Waals surface area contributed by atoms with Gasteiger partial charge in [-0.3, -0.25) is 10.1 Å². The second-order valence-corrected chi connectivity index (χ2v) is 7.36. The molecule has 1 saturated carbocycles. The number of rotatable bonds is 4. The average molecular weight is 406 g/mol. The predicted molar refractivity (Wildman–Crippen MR) is 86.2 cm³/mol. The quantitative estimate of drug-likeness (QED) is 0.569. The van der Waals surface area contributed by atoms with E-state index in [0.717, 1.165) is 18.9 Å². The number of nitrogens with one attached hydrogen (secondary N) is 3. The summed E-state index contributed by atoms with van der Waals surface area (Å²) in [5.74, 6) is -2.77. The zero-order chi connectivity index (χ0) is 20.2. The molecule has 5 atom stereocenters. The molecule has 4 N–H and O–H groups in total. The Labute approximate surface area is 157 Å². The van der Waals surface area contributed by atoms with E-state index in [1.165, 1.54) is 11.1 Å². The van der Waals surface area contributed by atoms with Crippen molar-refractivity contribution in [3.63, 3.8) is 0 Å². The van der Waals surface area contributed by atoms with Crippen LogP contribution in [0.2, 0.25) is 0 Å². The number of halogens is 5. The smallest absolute Gasteiger partial charge is 0.361 e. The zero-order valence-corrected chi connectivity index (χ0v) is 14.5. The van der Waals surface area contributed by atoms with E-state index in [1.807, 2.05) is 0 Å². The maximum atomic E-state index is 14.1. The van der Waals surface area contributed by atoms with Crippen molar-refractivity contribution in [1.29, 1.82) is 0 Å². The van der Waals surface area contributed by atoms with Gasteiger partial charge in [-0.15, -0.1) is 0 Å². The van der Waals surface area contributed by atoms with Crippen molar-refractivity contribution < 1.29 is 31.9 Å². The van der Waals surface area contributed by atoms with Gasteiger partial charge >= 0.3 is 6.18 Å². The van der Waals surface area contributed by atoms with E-state index in [1.54, 1.807) is 0 Å². The largest absolute Gasteiger partial charge is 0.419 e. The van der Waals surface area contributed by atoms with E-state index in [0.29, 0.717) is 11.6 Å². The molecule has 1 aromatic rings. The Morgan fingerprint density at radius 3 is 2.57 bits per heavy atom. The first kappa shape index (κ1) is 19.5. The highest BCUT2D eigenvalue weighted by Crippen LogP contribution is 2.47. The molecule has 1 aromatic carbocycles. The molecule has 2 heterocycles. The standard InChI is InChI=1S/C17H19F5N4O2/c18-6-11-12-14(23-16(28)24-15(12)27)26(25-11)13(7-1-2-7)8-3-4-9(10(19)5-8)17(20,21)22/h3-5,7,11-14,16,23,25,28H,1-2,6H2,(H,24,27)/t11?,12?,13-,14?,16?/m0/s1. The lowest BCUT2D eigenvalue weighted by Gasteiger charge is -2.38. The number of fused-ring (bicyclic) bond motifs is 1. The number of alkyl halides is 4. The Bertz CT molecular complexity index is 772. The first-order valence-electron chi connectivity index (χ1n) is 8.92. The first-order valence-corrected chi connectivity index (χ1v) is 8.92. The third kappa shape index (κ3) is 3.36. The van der Waals surface area contributed by atoms with E-state index < -0.39 is 60.7 Å². The van der Waals surface area contributed by atoms with Crippen molar-refractivity contribution in [2.45, 2.75) is 43.6 Å². The fourth-order valence-electron chi connectivity index (χ4n) is 4.09. The van der Waals surface area contributed by atoms with Gasteiger partial charge in [0.15, 0.2) is 6.35 Å². The van der Waals surface area contributed by atoms with Crippen LogP contribution in [0.25, 0.3) is 0 Å². The Hall–Kier alpha value is -1.82. The highest BCUT2D eigenvalue weighted by molar-refractivity contribution is 5.81.